The monoisotopic (exact) mass is 376 g/mol. The molecule has 0 bridgehead atoms. The SMILES string of the molecule is CC(=O)CCc1cc2cc(OCc3cnc(C4CCCC4)c(C)c3)ccc2[nH]1. The van der Waals surface area contributed by atoms with E-state index in [9.17, 15) is 4.79 Å². The molecule has 2 heterocycles. The van der Waals surface area contributed by atoms with Crippen molar-refractivity contribution >= 4 is 16.7 Å². The first-order valence-corrected chi connectivity index (χ1v) is 10.3. The van der Waals surface area contributed by atoms with Gasteiger partial charge in [-0.05, 0) is 69.0 Å². The lowest BCUT2D eigenvalue weighted by Gasteiger charge is -2.13. The topological polar surface area (TPSA) is 55.0 Å². The van der Waals surface area contributed by atoms with Crippen LogP contribution in [0.2, 0.25) is 0 Å². The number of pyridine rings is 1. The van der Waals surface area contributed by atoms with E-state index in [4.69, 9.17) is 9.72 Å². The van der Waals surface area contributed by atoms with Crippen LogP contribution in [0.5, 0.6) is 5.75 Å². The summed E-state index contributed by atoms with van der Waals surface area (Å²) in [5.41, 5.74) is 5.82. The number of hydrogen-bond acceptors (Lipinski definition) is 3. The van der Waals surface area contributed by atoms with Crippen molar-refractivity contribution in [2.75, 3.05) is 0 Å². The Balaban J connectivity index is 1.42. The molecule has 146 valence electrons. The maximum Gasteiger partial charge on any atom is 0.130 e. The molecule has 4 rings (SSSR count). The zero-order chi connectivity index (χ0) is 19.5. The smallest absolute Gasteiger partial charge is 0.130 e. The summed E-state index contributed by atoms with van der Waals surface area (Å²) < 4.78 is 6.02. The summed E-state index contributed by atoms with van der Waals surface area (Å²) in [4.78, 5) is 19.3. The second-order valence-electron chi connectivity index (χ2n) is 8.06. The van der Waals surface area contributed by atoms with Crippen molar-refractivity contribution in [1.82, 2.24) is 9.97 Å². The number of carbonyl (C=O) groups is 1. The Labute approximate surface area is 166 Å². The van der Waals surface area contributed by atoms with E-state index in [1.807, 2.05) is 18.3 Å². The van der Waals surface area contributed by atoms with Crippen molar-refractivity contribution in [3.63, 3.8) is 0 Å². The van der Waals surface area contributed by atoms with E-state index in [0.29, 0.717) is 18.9 Å². The number of fused-ring (bicyclic) bond motifs is 1. The summed E-state index contributed by atoms with van der Waals surface area (Å²) in [5.74, 6) is 1.70. The number of aromatic amines is 1. The van der Waals surface area contributed by atoms with Gasteiger partial charge in [0.2, 0.25) is 0 Å². The molecule has 1 aromatic carbocycles. The third-order valence-electron chi connectivity index (χ3n) is 5.72. The third-order valence-corrected chi connectivity index (χ3v) is 5.72. The normalized spacial score (nSPS) is 14.6. The predicted octanol–water partition coefficient (Wildman–Crippen LogP) is 5.63. The van der Waals surface area contributed by atoms with E-state index >= 15 is 0 Å². The number of aryl methyl sites for hydroxylation is 2. The van der Waals surface area contributed by atoms with Gasteiger partial charge < -0.3 is 14.5 Å². The highest BCUT2D eigenvalue weighted by Crippen LogP contribution is 2.34. The molecule has 1 saturated carbocycles. The molecule has 0 amide bonds. The summed E-state index contributed by atoms with van der Waals surface area (Å²) >= 11 is 0. The molecule has 3 aromatic rings. The van der Waals surface area contributed by atoms with Gasteiger partial charge in [0.25, 0.3) is 0 Å². The molecule has 1 fully saturated rings. The van der Waals surface area contributed by atoms with Gasteiger partial charge in [-0.3, -0.25) is 4.98 Å². The van der Waals surface area contributed by atoms with E-state index in [0.717, 1.165) is 34.3 Å². The van der Waals surface area contributed by atoms with E-state index in [-0.39, 0.29) is 5.78 Å². The minimum Gasteiger partial charge on any atom is -0.489 e. The Bertz CT molecular complexity index is 983. The molecular weight excluding hydrogens is 348 g/mol. The number of carbonyl (C=O) groups excluding carboxylic acids is 1. The Hall–Kier alpha value is -2.62. The molecule has 28 heavy (non-hydrogen) atoms. The van der Waals surface area contributed by atoms with Crippen LogP contribution < -0.4 is 4.74 Å². The summed E-state index contributed by atoms with van der Waals surface area (Å²) in [7, 11) is 0. The van der Waals surface area contributed by atoms with E-state index in [2.05, 4.69) is 30.1 Å². The molecule has 2 aromatic heterocycles. The van der Waals surface area contributed by atoms with Gasteiger partial charge in [-0.1, -0.05) is 12.8 Å². The van der Waals surface area contributed by atoms with Crippen LogP contribution in [0, 0.1) is 6.92 Å². The fraction of sp³-hybridized carbons (Fsp3) is 0.417. The number of benzene rings is 1. The van der Waals surface area contributed by atoms with Crippen molar-refractivity contribution in [2.45, 2.75) is 64.9 Å². The lowest BCUT2D eigenvalue weighted by molar-refractivity contribution is -0.116. The average Bonchev–Trinajstić information content (AvgIpc) is 3.34. The molecule has 4 heteroatoms. The number of nitrogens with one attached hydrogen (secondary N) is 1. The third kappa shape index (κ3) is 4.27. The Morgan fingerprint density at radius 3 is 2.79 bits per heavy atom. The zero-order valence-corrected chi connectivity index (χ0v) is 16.8. The summed E-state index contributed by atoms with van der Waals surface area (Å²) in [6.07, 6.45) is 8.49. The minimum absolute atomic E-state index is 0.213. The molecule has 1 N–H and O–H groups in total. The van der Waals surface area contributed by atoms with Crippen LogP contribution in [0.15, 0.2) is 36.5 Å². The minimum atomic E-state index is 0.213. The number of ketones is 1. The summed E-state index contributed by atoms with van der Waals surface area (Å²) in [6.45, 7) is 4.32. The van der Waals surface area contributed by atoms with Gasteiger partial charge in [-0.25, -0.2) is 0 Å². The van der Waals surface area contributed by atoms with Gasteiger partial charge in [0, 0.05) is 46.4 Å². The van der Waals surface area contributed by atoms with Gasteiger partial charge in [-0.15, -0.1) is 0 Å². The van der Waals surface area contributed by atoms with Crippen molar-refractivity contribution in [2.24, 2.45) is 0 Å². The number of nitrogens with zero attached hydrogens (tertiary/aromatic N) is 1. The van der Waals surface area contributed by atoms with Crippen LogP contribution in [0.3, 0.4) is 0 Å². The maximum atomic E-state index is 11.2. The quantitative estimate of drug-likeness (QED) is 0.581. The Kier molecular flexibility index (Phi) is 5.47. The highest BCUT2D eigenvalue weighted by atomic mass is 16.5. The molecular formula is C24H28N2O2. The Morgan fingerprint density at radius 2 is 2.04 bits per heavy atom. The van der Waals surface area contributed by atoms with Gasteiger partial charge >= 0.3 is 0 Å². The highest BCUT2D eigenvalue weighted by molar-refractivity contribution is 5.82. The van der Waals surface area contributed by atoms with Crippen molar-refractivity contribution < 1.29 is 9.53 Å². The summed E-state index contributed by atoms with van der Waals surface area (Å²) in [5, 5.41) is 1.11. The molecule has 0 unspecified atom stereocenters. The zero-order valence-electron chi connectivity index (χ0n) is 16.8. The van der Waals surface area contributed by atoms with Crippen LogP contribution in [-0.4, -0.2) is 15.8 Å². The molecule has 0 radical (unpaired) electrons. The highest BCUT2D eigenvalue weighted by Gasteiger charge is 2.20. The van der Waals surface area contributed by atoms with Crippen LogP contribution in [0.4, 0.5) is 0 Å². The number of aromatic nitrogens is 2. The predicted molar refractivity (Wildman–Crippen MR) is 112 cm³/mol. The molecule has 0 saturated heterocycles. The maximum absolute atomic E-state index is 11.2. The van der Waals surface area contributed by atoms with E-state index in [1.54, 1.807) is 6.92 Å². The molecule has 1 aliphatic rings. The van der Waals surface area contributed by atoms with Gasteiger partial charge in [-0.2, -0.15) is 0 Å². The first-order valence-electron chi connectivity index (χ1n) is 10.3. The fourth-order valence-electron chi connectivity index (χ4n) is 4.22. The van der Waals surface area contributed by atoms with Crippen molar-refractivity contribution in [1.29, 1.82) is 0 Å². The first kappa shape index (κ1) is 18.7. The average molecular weight is 377 g/mol. The first-order chi connectivity index (χ1) is 13.6. The second kappa shape index (κ2) is 8.17. The van der Waals surface area contributed by atoms with Crippen LogP contribution >= 0.6 is 0 Å². The molecule has 1 aliphatic carbocycles. The number of ether oxygens (including phenoxy) is 1. The van der Waals surface area contributed by atoms with Crippen molar-refractivity contribution in [3.8, 4) is 5.75 Å². The molecule has 0 aliphatic heterocycles. The number of hydrogen-bond donors (Lipinski definition) is 1. The van der Waals surface area contributed by atoms with Gasteiger partial charge in [0.05, 0.1) is 0 Å². The van der Waals surface area contributed by atoms with Crippen LogP contribution in [-0.2, 0) is 17.8 Å². The lowest BCUT2D eigenvalue weighted by atomic mass is 9.98. The van der Waals surface area contributed by atoms with Crippen LogP contribution in [0.25, 0.3) is 10.9 Å². The molecule has 4 nitrogen and oxygen atoms in total. The van der Waals surface area contributed by atoms with E-state index in [1.165, 1.54) is 36.9 Å². The second-order valence-corrected chi connectivity index (χ2v) is 8.06. The number of H-pyrrole nitrogens is 1. The standard InChI is InChI=1S/C24H28N2O2/c1-16-11-18(14-25-24(16)19-5-3-4-6-19)15-28-22-9-10-23-20(13-22)12-21(26-23)8-7-17(2)27/h9-14,19,26H,3-8,15H2,1-2H3. The lowest BCUT2D eigenvalue weighted by Crippen LogP contribution is -2.03. The molecule has 0 atom stereocenters. The largest absolute Gasteiger partial charge is 0.489 e. The van der Waals surface area contributed by atoms with Gasteiger partial charge in [0.1, 0.15) is 18.1 Å². The fourth-order valence-corrected chi connectivity index (χ4v) is 4.22. The number of Topliss-reactive ketones (excluding diaryl/α,β-unsaturated/α-hetero) is 1. The van der Waals surface area contributed by atoms with Crippen LogP contribution in [0.1, 0.15) is 67.5 Å². The van der Waals surface area contributed by atoms with Gasteiger partial charge in [0.15, 0.2) is 0 Å². The number of rotatable bonds is 7. The summed E-state index contributed by atoms with van der Waals surface area (Å²) in [6, 6.07) is 10.4. The van der Waals surface area contributed by atoms with Crippen molar-refractivity contribution in [3.05, 3.63) is 59.0 Å². The van der Waals surface area contributed by atoms with E-state index < -0.39 is 0 Å². The Morgan fingerprint density at radius 1 is 1.21 bits per heavy atom. The molecule has 0 spiro atoms.